The molecule has 4 rings (SSSR count). The molecule has 0 atom stereocenters. The SMILES string of the molecule is COC(=O)c1c(CC(=O)Nc2ccc(C(=O)N3CCc4ccccc43)cc2)[nH]c(C(C)=O)c1C. The number of carbonyl (C=O) groups excluding carboxylic acids is 4. The van der Waals surface area contributed by atoms with Gasteiger partial charge in [0.25, 0.3) is 5.91 Å². The zero-order valence-electron chi connectivity index (χ0n) is 19.2. The maximum Gasteiger partial charge on any atom is 0.339 e. The fourth-order valence-corrected chi connectivity index (χ4v) is 4.29. The molecule has 0 bridgehead atoms. The lowest BCUT2D eigenvalue weighted by Crippen LogP contribution is -2.28. The number of carbonyl (C=O) groups is 4. The van der Waals surface area contributed by atoms with E-state index in [9.17, 15) is 19.2 Å². The first-order valence-corrected chi connectivity index (χ1v) is 10.9. The number of para-hydroxylation sites is 1. The normalized spacial score (nSPS) is 12.3. The van der Waals surface area contributed by atoms with Gasteiger partial charge >= 0.3 is 5.97 Å². The van der Waals surface area contributed by atoms with E-state index >= 15 is 0 Å². The summed E-state index contributed by atoms with van der Waals surface area (Å²) in [6, 6.07) is 14.5. The molecular formula is C26H25N3O5. The lowest BCUT2D eigenvalue weighted by atomic mass is 10.1. The number of hydrogen-bond donors (Lipinski definition) is 2. The van der Waals surface area contributed by atoms with Gasteiger partial charge in [-0.15, -0.1) is 0 Å². The number of ether oxygens (including phenoxy) is 1. The van der Waals surface area contributed by atoms with Crippen LogP contribution in [0, 0.1) is 6.92 Å². The van der Waals surface area contributed by atoms with E-state index in [0.29, 0.717) is 29.1 Å². The highest BCUT2D eigenvalue weighted by Gasteiger charge is 2.26. The van der Waals surface area contributed by atoms with Crippen LogP contribution in [0.15, 0.2) is 48.5 Å². The minimum absolute atomic E-state index is 0.0934. The van der Waals surface area contributed by atoms with Crippen LogP contribution in [-0.4, -0.2) is 42.2 Å². The molecule has 3 aromatic rings. The second kappa shape index (κ2) is 9.35. The first-order valence-electron chi connectivity index (χ1n) is 10.9. The molecule has 2 amide bonds. The minimum atomic E-state index is -0.615. The lowest BCUT2D eigenvalue weighted by molar-refractivity contribution is -0.115. The number of nitrogens with zero attached hydrogens (tertiary/aromatic N) is 1. The van der Waals surface area contributed by atoms with Gasteiger partial charge in [-0.2, -0.15) is 0 Å². The molecule has 0 aliphatic carbocycles. The number of anilines is 2. The van der Waals surface area contributed by atoms with E-state index in [2.05, 4.69) is 10.3 Å². The molecule has 1 aromatic heterocycles. The molecule has 0 unspecified atom stereocenters. The summed E-state index contributed by atoms with van der Waals surface area (Å²) in [7, 11) is 1.25. The van der Waals surface area contributed by atoms with Crippen LogP contribution < -0.4 is 10.2 Å². The number of rotatable bonds is 6. The summed E-state index contributed by atoms with van der Waals surface area (Å²) in [4.78, 5) is 54.3. The van der Waals surface area contributed by atoms with Crippen molar-refractivity contribution in [1.29, 1.82) is 0 Å². The summed E-state index contributed by atoms with van der Waals surface area (Å²) >= 11 is 0. The summed E-state index contributed by atoms with van der Waals surface area (Å²) < 4.78 is 4.81. The fraction of sp³-hybridized carbons (Fsp3) is 0.231. The van der Waals surface area contributed by atoms with Crippen LogP contribution >= 0.6 is 0 Å². The predicted octanol–water partition coefficient (Wildman–Crippen LogP) is 3.70. The molecule has 0 saturated carbocycles. The molecule has 0 fully saturated rings. The first-order chi connectivity index (χ1) is 16.3. The van der Waals surface area contributed by atoms with Gasteiger partial charge in [0.05, 0.1) is 24.8 Å². The van der Waals surface area contributed by atoms with E-state index in [1.54, 1.807) is 36.1 Å². The van der Waals surface area contributed by atoms with Gasteiger partial charge in [-0.05, 0) is 54.8 Å². The number of esters is 1. The third-order valence-corrected chi connectivity index (χ3v) is 5.95. The summed E-state index contributed by atoms with van der Waals surface area (Å²) in [6.07, 6.45) is 0.678. The number of ketones is 1. The van der Waals surface area contributed by atoms with Gasteiger partial charge in [-0.1, -0.05) is 18.2 Å². The van der Waals surface area contributed by atoms with Crippen molar-refractivity contribution in [2.24, 2.45) is 0 Å². The second-order valence-electron chi connectivity index (χ2n) is 8.16. The van der Waals surface area contributed by atoms with Crippen molar-refractivity contribution < 1.29 is 23.9 Å². The van der Waals surface area contributed by atoms with Crippen LogP contribution in [0.3, 0.4) is 0 Å². The molecule has 2 aromatic carbocycles. The van der Waals surface area contributed by atoms with E-state index in [-0.39, 0.29) is 35.3 Å². The number of methoxy groups -OCH3 is 1. The third-order valence-electron chi connectivity index (χ3n) is 5.95. The van der Waals surface area contributed by atoms with E-state index in [1.807, 2.05) is 24.3 Å². The van der Waals surface area contributed by atoms with Gasteiger partial charge in [-0.3, -0.25) is 14.4 Å². The van der Waals surface area contributed by atoms with Crippen molar-refractivity contribution in [2.75, 3.05) is 23.9 Å². The summed E-state index contributed by atoms with van der Waals surface area (Å²) in [5.41, 5.74) is 4.34. The number of amides is 2. The Morgan fingerprint density at radius 3 is 2.44 bits per heavy atom. The molecule has 1 aliphatic rings. The Morgan fingerprint density at radius 2 is 1.76 bits per heavy atom. The van der Waals surface area contributed by atoms with Crippen LogP contribution in [0.5, 0.6) is 0 Å². The van der Waals surface area contributed by atoms with Gasteiger partial charge in [0.2, 0.25) is 5.91 Å². The highest BCUT2D eigenvalue weighted by Crippen LogP contribution is 2.29. The standard InChI is InChI=1S/C26H25N3O5/c1-15-23(26(33)34-3)20(28-24(15)16(2)30)14-22(31)27-19-10-8-18(9-11-19)25(32)29-13-12-17-6-4-5-7-21(17)29/h4-11,28H,12-14H2,1-3H3,(H,27,31). The van der Waals surface area contributed by atoms with Crippen molar-refractivity contribution in [3.8, 4) is 0 Å². The Bertz CT molecular complexity index is 1290. The first kappa shape index (κ1) is 23.0. The minimum Gasteiger partial charge on any atom is -0.465 e. The molecule has 0 radical (unpaired) electrons. The van der Waals surface area contributed by atoms with Crippen molar-refractivity contribution in [3.05, 3.63) is 82.2 Å². The molecule has 34 heavy (non-hydrogen) atoms. The van der Waals surface area contributed by atoms with Crippen molar-refractivity contribution in [1.82, 2.24) is 4.98 Å². The maximum atomic E-state index is 13.0. The van der Waals surface area contributed by atoms with Crippen molar-refractivity contribution >= 4 is 34.9 Å². The van der Waals surface area contributed by atoms with Crippen LogP contribution in [0.1, 0.15) is 54.9 Å². The number of hydrogen-bond acceptors (Lipinski definition) is 5. The van der Waals surface area contributed by atoms with Crippen molar-refractivity contribution in [2.45, 2.75) is 26.7 Å². The number of nitrogens with one attached hydrogen (secondary N) is 2. The lowest BCUT2D eigenvalue weighted by Gasteiger charge is -2.17. The molecule has 2 heterocycles. The summed E-state index contributed by atoms with van der Waals surface area (Å²) in [6.45, 7) is 3.65. The number of Topliss-reactive ketones (excluding diaryl/α,β-unsaturated/α-hetero) is 1. The van der Waals surface area contributed by atoms with Crippen LogP contribution in [-0.2, 0) is 22.4 Å². The average molecular weight is 460 g/mol. The Kier molecular flexibility index (Phi) is 6.32. The van der Waals surface area contributed by atoms with Crippen LogP contribution in [0.4, 0.5) is 11.4 Å². The highest BCUT2D eigenvalue weighted by atomic mass is 16.5. The van der Waals surface area contributed by atoms with Gasteiger partial charge in [0.15, 0.2) is 5.78 Å². The third kappa shape index (κ3) is 4.34. The smallest absolute Gasteiger partial charge is 0.339 e. The van der Waals surface area contributed by atoms with Gasteiger partial charge < -0.3 is 19.9 Å². The summed E-state index contributed by atoms with van der Waals surface area (Å²) in [5.74, 6) is -1.33. The number of benzene rings is 2. The predicted molar refractivity (Wildman–Crippen MR) is 127 cm³/mol. The Labute approximate surface area is 196 Å². The van der Waals surface area contributed by atoms with Gasteiger partial charge in [-0.25, -0.2) is 4.79 Å². The average Bonchev–Trinajstić information content (AvgIpc) is 3.39. The Balaban J connectivity index is 1.46. The van der Waals surface area contributed by atoms with Crippen molar-refractivity contribution in [3.63, 3.8) is 0 Å². The number of fused-ring (bicyclic) bond motifs is 1. The highest BCUT2D eigenvalue weighted by molar-refractivity contribution is 6.07. The van der Waals surface area contributed by atoms with E-state index in [0.717, 1.165) is 17.7 Å². The van der Waals surface area contributed by atoms with E-state index in [1.165, 1.54) is 14.0 Å². The molecule has 8 nitrogen and oxygen atoms in total. The zero-order valence-corrected chi connectivity index (χ0v) is 19.2. The van der Waals surface area contributed by atoms with Gasteiger partial charge in [0.1, 0.15) is 0 Å². The van der Waals surface area contributed by atoms with Gasteiger partial charge in [0, 0.05) is 36.1 Å². The quantitative estimate of drug-likeness (QED) is 0.432. The molecular weight excluding hydrogens is 434 g/mol. The Morgan fingerprint density at radius 1 is 1.06 bits per heavy atom. The van der Waals surface area contributed by atoms with Crippen LogP contribution in [0.2, 0.25) is 0 Å². The molecule has 0 spiro atoms. The molecule has 174 valence electrons. The number of aromatic amines is 1. The molecule has 2 N–H and O–H groups in total. The number of H-pyrrole nitrogens is 1. The van der Waals surface area contributed by atoms with E-state index < -0.39 is 5.97 Å². The summed E-state index contributed by atoms with van der Waals surface area (Å²) in [5, 5.41) is 2.76. The maximum absolute atomic E-state index is 13.0. The van der Waals surface area contributed by atoms with Crippen LogP contribution in [0.25, 0.3) is 0 Å². The number of aromatic nitrogens is 1. The molecule has 8 heteroatoms. The van der Waals surface area contributed by atoms with E-state index in [4.69, 9.17) is 4.74 Å². The fourth-order valence-electron chi connectivity index (χ4n) is 4.29. The molecule has 0 saturated heterocycles. The zero-order chi connectivity index (χ0) is 24.4. The Hall–Kier alpha value is -4.20. The monoisotopic (exact) mass is 459 g/mol. The molecule has 1 aliphatic heterocycles. The largest absolute Gasteiger partial charge is 0.465 e. The topological polar surface area (TPSA) is 109 Å². The second-order valence-corrected chi connectivity index (χ2v) is 8.16.